The minimum Gasteiger partial charge on any atom is -0.324 e. The van der Waals surface area contributed by atoms with E-state index in [9.17, 15) is 13.2 Å². The summed E-state index contributed by atoms with van der Waals surface area (Å²) in [6.07, 6.45) is -4.52. The van der Waals surface area contributed by atoms with Gasteiger partial charge in [0.15, 0.2) is 0 Å². The standard InChI is InChI=1S/C10H4Cl3F3N4/c11-5-1-4(10(14,15)16)2-6(3-5)17-9-19-7(12)18-8(13)20-9/h1-3H,(H,17,18,19,20). The summed E-state index contributed by atoms with van der Waals surface area (Å²) in [6.45, 7) is 0. The molecular weight excluding hydrogens is 339 g/mol. The summed E-state index contributed by atoms with van der Waals surface area (Å²) in [6, 6.07) is 2.94. The molecule has 10 heteroatoms. The lowest BCUT2D eigenvalue weighted by molar-refractivity contribution is -0.137. The quantitative estimate of drug-likeness (QED) is 0.866. The maximum absolute atomic E-state index is 12.6. The molecule has 2 aromatic rings. The van der Waals surface area contributed by atoms with Gasteiger partial charge < -0.3 is 5.32 Å². The zero-order valence-electron chi connectivity index (χ0n) is 9.34. The molecule has 0 aliphatic carbocycles. The number of nitrogens with zero attached hydrogens (tertiary/aromatic N) is 3. The fourth-order valence-corrected chi connectivity index (χ4v) is 1.93. The highest BCUT2D eigenvalue weighted by Crippen LogP contribution is 2.33. The predicted molar refractivity (Wildman–Crippen MR) is 69.6 cm³/mol. The smallest absolute Gasteiger partial charge is 0.324 e. The van der Waals surface area contributed by atoms with Crippen molar-refractivity contribution in [3.05, 3.63) is 39.4 Å². The van der Waals surface area contributed by atoms with Gasteiger partial charge in [0.25, 0.3) is 0 Å². The summed E-state index contributed by atoms with van der Waals surface area (Å²) in [5, 5.41) is 2.06. The molecule has 0 aliphatic heterocycles. The van der Waals surface area contributed by atoms with Crippen LogP contribution in [0, 0.1) is 0 Å². The van der Waals surface area contributed by atoms with E-state index in [4.69, 9.17) is 34.8 Å². The van der Waals surface area contributed by atoms with Crippen LogP contribution in [0.5, 0.6) is 0 Å². The van der Waals surface area contributed by atoms with Crippen molar-refractivity contribution >= 4 is 46.4 Å². The molecule has 4 nitrogen and oxygen atoms in total. The minimum absolute atomic E-state index is 0.0446. The fraction of sp³-hybridized carbons (Fsp3) is 0.100. The molecule has 0 spiro atoms. The number of rotatable bonds is 2. The van der Waals surface area contributed by atoms with Gasteiger partial charge in [-0.2, -0.15) is 28.1 Å². The molecule has 1 N–H and O–H groups in total. The summed E-state index contributed by atoms with van der Waals surface area (Å²) in [5.41, 5.74) is -0.859. The number of anilines is 2. The fourth-order valence-electron chi connectivity index (χ4n) is 1.34. The maximum Gasteiger partial charge on any atom is 0.416 e. The van der Waals surface area contributed by atoms with E-state index in [2.05, 4.69) is 20.3 Å². The molecule has 0 fully saturated rings. The second-order valence-electron chi connectivity index (χ2n) is 3.55. The SMILES string of the molecule is FC(F)(F)c1cc(Cl)cc(Nc2nc(Cl)nc(Cl)n2)c1. The average Bonchev–Trinajstić information content (AvgIpc) is 2.25. The second-order valence-corrected chi connectivity index (χ2v) is 4.66. The van der Waals surface area contributed by atoms with Crippen LogP contribution in [-0.2, 0) is 6.18 Å². The van der Waals surface area contributed by atoms with E-state index in [1.54, 1.807) is 0 Å². The highest BCUT2D eigenvalue weighted by atomic mass is 35.5. The van der Waals surface area contributed by atoms with Crippen LogP contribution in [0.15, 0.2) is 18.2 Å². The van der Waals surface area contributed by atoms with Crippen LogP contribution in [0.25, 0.3) is 0 Å². The molecule has 0 radical (unpaired) electrons. The first kappa shape index (κ1) is 15.1. The summed E-state index contributed by atoms with van der Waals surface area (Å²) >= 11 is 16.8. The average molecular weight is 344 g/mol. The van der Waals surface area contributed by atoms with Crippen molar-refractivity contribution in [3.8, 4) is 0 Å². The Kier molecular flexibility index (Phi) is 4.22. The molecule has 1 aromatic heterocycles. The van der Waals surface area contributed by atoms with Crippen LogP contribution >= 0.6 is 34.8 Å². The van der Waals surface area contributed by atoms with E-state index in [0.29, 0.717) is 0 Å². The third-order valence-corrected chi connectivity index (χ3v) is 2.62. The molecule has 0 saturated heterocycles. The van der Waals surface area contributed by atoms with Gasteiger partial charge in [-0.1, -0.05) is 11.6 Å². The van der Waals surface area contributed by atoms with Crippen LogP contribution in [0.2, 0.25) is 15.6 Å². The van der Waals surface area contributed by atoms with E-state index in [-0.39, 0.29) is 27.2 Å². The first-order valence-electron chi connectivity index (χ1n) is 4.96. The largest absolute Gasteiger partial charge is 0.416 e. The van der Waals surface area contributed by atoms with Gasteiger partial charge >= 0.3 is 6.18 Å². The van der Waals surface area contributed by atoms with Crippen molar-refractivity contribution in [1.29, 1.82) is 0 Å². The van der Waals surface area contributed by atoms with Crippen LogP contribution in [0.3, 0.4) is 0 Å². The number of halogens is 6. The van der Waals surface area contributed by atoms with Gasteiger partial charge in [-0.3, -0.25) is 0 Å². The summed E-state index contributed by atoms with van der Waals surface area (Å²) in [7, 11) is 0. The van der Waals surface area contributed by atoms with E-state index in [1.165, 1.54) is 6.07 Å². The molecule has 1 heterocycles. The highest BCUT2D eigenvalue weighted by molar-refractivity contribution is 6.31. The van der Waals surface area contributed by atoms with Crippen molar-refractivity contribution in [2.75, 3.05) is 5.32 Å². The van der Waals surface area contributed by atoms with Crippen LogP contribution in [0.1, 0.15) is 5.56 Å². The Morgan fingerprint density at radius 1 is 0.900 bits per heavy atom. The molecule has 0 atom stereocenters. The number of benzene rings is 1. The van der Waals surface area contributed by atoms with Crippen molar-refractivity contribution in [2.24, 2.45) is 0 Å². The number of aromatic nitrogens is 3. The van der Waals surface area contributed by atoms with Crippen molar-refractivity contribution in [2.45, 2.75) is 6.18 Å². The van der Waals surface area contributed by atoms with E-state index >= 15 is 0 Å². The van der Waals surface area contributed by atoms with E-state index < -0.39 is 11.7 Å². The summed E-state index contributed by atoms with van der Waals surface area (Å²) in [5.74, 6) is -0.0922. The Labute approximate surface area is 125 Å². The van der Waals surface area contributed by atoms with E-state index in [1.807, 2.05) is 0 Å². The van der Waals surface area contributed by atoms with Crippen molar-refractivity contribution in [1.82, 2.24) is 15.0 Å². The van der Waals surface area contributed by atoms with Crippen LogP contribution < -0.4 is 5.32 Å². The number of hydrogen-bond acceptors (Lipinski definition) is 4. The maximum atomic E-state index is 12.6. The predicted octanol–water partition coefficient (Wildman–Crippen LogP) is 4.59. The summed E-state index contributed by atoms with van der Waals surface area (Å²) < 4.78 is 37.9. The minimum atomic E-state index is -4.52. The van der Waals surface area contributed by atoms with E-state index in [0.717, 1.165) is 12.1 Å². The Hall–Kier alpha value is -1.31. The Balaban J connectivity index is 2.36. The van der Waals surface area contributed by atoms with Gasteiger partial charge in [0.2, 0.25) is 16.5 Å². The molecule has 2 rings (SSSR count). The van der Waals surface area contributed by atoms with Gasteiger partial charge in [0.05, 0.1) is 5.56 Å². The lowest BCUT2D eigenvalue weighted by Gasteiger charge is -2.10. The molecule has 0 bridgehead atoms. The number of alkyl halides is 3. The number of hydrogen-bond donors (Lipinski definition) is 1. The zero-order chi connectivity index (χ0) is 14.9. The molecule has 0 saturated carbocycles. The Morgan fingerprint density at radius 2 is 1.50 bits per heavy atom. The monoisotopic (exact) mass is 342 g/mol. The Bertz CT molecular complexity index is 628. The molecule has 0 aliphatic rings. The second kappa shape index (κ2) is 5.59. The highest BCUT2D eigenvalue weighted by Gasteiger charge is 2.31. The molecule has 1 aromatic carbocycles. The lowest BCUT2D eigenvalue weighted by Crippen LogP contribution is -2.06. The first-order chi connectivity index (χ1) is 9.24. The van der Waals surface area contributed by atoms with Crippen LogP contribution in [-0.4, -0.2) is 15.0 Å². The molecule has 106 valence electrons. The van der Waals surface area contributed by atoms with Gasteiger partial charge in [0.1, 0.15) is 0 Å². The van der Waals surface area contributed by atoms with Crippen molar-refractivity contribution < 1.29 is 13.2 Å². The van der Waals surface area contributed by atoms with Gasteiger partial charge in [0, 0.05) is 10.7 Å². The van der Waals surface area contributed by atoms with Gasteiger partial charge in [-0.15, -0.1) is 0 Å². The molecule has 20 heavy (non-hydrogen) atoms. The lowest BCUT2D eigenvalue weighted by atomic mass is 10.2. The normalized spacial score (nSPS) is 11.5. The topological polar surface area (TPSA) is 50.7 Å². The molecule has 0 amide bonds. The third kappa shape index (κ3) is 3.84. The van der Waals surface area contributed by atoms with Crippen LogP contribution in [0.4, 0.5) is 24.8 Å². The van der Waals surface area contributed by atoms with Crippen molar-refractivity contribution in [3.63, 3.8) is 0 Å². The van der Waals surface area contributed by atoms with Gasteiger partial charge in [-0.25, -0.2) is 0 Å². The Morgan fingerprint density at radius 3 is 2.05 bits per heavy atom. The molecular formula is C10H4Cl3F3N4. The zero-order valence-corrected chi connectivity index (χ0v) is 11.6. The first-order valence-corrected chi connectivity index (χ1v) is 6.09. The molecule has 0 unspecified atom stereocenters. The number of nitrogens with one attached hydrogen (secondary N) is 1. The third-order valence-electron chi connectivity index (χ3n) is 2.06. The van der Waals surface area contributed by atoms with Gasteiger partial charge in [-0.05, 0) is 41.4 Å². The summed E-state index contributed by atoms with van der Waals surface area (Å²) in [4.78, 5) is 10.9.